The third kappa shape index (κ3) is 4.27. The van der Waals surface area contributed by atoms with Gasteiger partial charge < -0.3 is 5.32 Å². The fourth-order valence-corrected chi connectivity index (χ4v) is 2.20. The lowest BCUT2D eigenvalue weighted by molar-refractivity contribution is 0.634. The van der Waals surface area contributed by atoms with E-state index in [-0.39, 0.29) is 5.54 Å². The topological polar surface area (TPSA) is 12.0 Å². The zero-order valence-electron chi connectivity index (χ0n) is 13.2. The number of nitrogens with one attached hydrogen (secondary N) is 1. The van der Waals surface area contributed by atoms with E-state index in [9.17, 15) is 0 Å². The summed E-state index contributed by atoms with van der Waals surface area (Å²) in [7, 11) is 0. The van der Waals surface area contributed by atoms with Crippen LogP contribution in [-0.2, 0) is 0 Å². The highest BCUT2D eigenvalue weighted by atomic mass is 15.0. The normalized spacial score (nSPS) is 14.2. The van der Waals surface area contributed by atoms with Crippen LogP contribution in [0.5, 0.6) is 0 Å². The molecule has 0 atom stereocenters. The SMILES string of the molecule is CC.CC1=C(c2ccccc2NC(C)(C)C)CC=C1. The Morgan fingerprint density at radius 3 is 2.21 bits per heavy atom. The van der Waals surface area contributed by atoms with Gasteiger partial charge >= 0.3 is 0 Å². The summed E-state index contributed by atoms with van der Waals surface area (Å²) in [4.78, 5) is 0. The average Bonchev–Trinajstić information content (AvgIpc) is 2.77. The van der Waals surface area contributed by atoms with Crippen LogP contribution in [0.4, 0.5) is 5.69 Å². The summed E-state index contributed by atoms with van der Waals surface area (Å²) in [6.07, 6.45) is 5.50. The molecule has 1 aromatic rings. The second-order valence-corrected chi connectivity index (χ2v) is 5.69. The Morgan fingerprint density at radius 2 is 1.68 bits per heavy atom. The molecule has 1 aliphatic rings. The van der Waals surface area contributed by atoms with Crippen LogP contribution >= 0.6 is 0 Å². The van der Waals surface area contributed by atoms with Gasteiger partial charge in [0.25, 0.3) is 0 Å². The van der Waals surface area contributed by atoms with Crippen LogP contribution in [0.2, 0.25) is 0 Å². The molecule has 0 fully saturated rings. The van der Waals surface area contributed by atoms with E-state index in [1.54, 1.807) is 0 Å². The number of benzene rings is 1. The highest BCUT2D eigenvalue weighted by Crippen LogP contribution is 2.34. The van der Waals surface area contributed by atoms with Gasteiger partial charge in [0.1, 0.15) is 0 Å². The molecule has 0 saturated heterocycles. The van der Waals surface area contributed by atoms with Crippen molar-refractivity contribution < 1.29 is 0 Å². The van der Waals surface area contributed by atoms with Gasteiger partial charge in [0.05, 0.1) is 0 Å². The van der Waals surface area contributed by atoms with Gasteiger partial charge in [-0.15, -0.1) is 0 Å². The third-order valence-corrected chi connectivity index (χ3v) is 2.93. The lowest BCUT2D eigenvalue weighted by Gasteiger charge is -2.24. The van der Waals surface area contributed by atoms with Crippen LogP contribution in [0.15, 0.2) is 42.0 Å². The van der Waals surface area contributed by atoms with Gasteiger partial charge in [-0.2, -0.15) is 0 Å². The zero-order valence-corrected chi connectivity index (χ0v) is 13.2. The van der Waals surface area contributed by atoms with Crippen LogP contribution in [0.1, 0.15) is 53.5 Å². The van der Waals surface area contributed by atoms with E-state index in [1.807, 2.05) is 13.8 Å². The van der Waals surface area contributed by atoms with Crippen molar-refractivity contribution in [2.24, 2.45) is 0 Å². The van der Waals surface area contributed by atoms with E-state index in [0.29, 0.717) is 0 Å². The number of hydrogen-bond donors (Lipinski definition) is 1. The minimum Gasteiger partial charge on any atom is -0.380 e. The smallest absolute Gasteiger partial charge is 0.0420 e. The van der Waals surface area contributed by atoms with Crippen LogP contribution in [0, 0.1) is 0 Å². The Balaban J connectivity index is 0.000000861. The lowest BCUT2D eigenvalue weighted by atomic mass is 9.98. The average molecular weight is 257 g/mol. The summed E-state index contributed by atoms with van der Waals surface area (Å²) in [6, 6.07) is 8.58. The summed E-state index contributed by atoms with van der Waals surface area (Å²) >= 11 is 0. The quantitative estimate of drug-likeness (QED) is 0.721. The molecule has 0 heterocycles. The molecule has 0 unspecified atom stereocenters. The second-order valence-electron chi connectivity index (χ2n) is 5.69. The molecule has 0 spiro atoms. The number of hydrogen-bond acceptors (Lipinski definition) is 1. The molecule has 0 aliphatic heterocycles. The fraction of sp³-hybridized carbons (Fsp3) is 0.444. The van der Waals surface area contributed by atoms with Crippen molar-refractivity contribution >= 4 is 11.3 Å². The second kappa shape index (κ2) is 6.60. The minimum atomic E-state index is 0.0939. The van der Waals surface area contributed by atoms with Gasteiger partial charge in [-0.05, 0) is 51.3 Å². The van der Waals surface area contributed by atoms with Crippen LogP contribution < -0.4 is 5.32 Å². The summed E-state index contributed by atoms with van der Waals surface area (Å²) in [5.74, 6) is 0. The van der Waals surface area contributed by atoms with Crippen molar-refractivity contribution in [3.05, 3.63) is 47.6 Å². The highest BCUT2D eigenvalue weighted by Gasteiger charge is 2.15. The van der Waals surface area contributed by atoms with Crippen molar-refractivity contribution in [1.29, 1.82) is 0 Å². The summed E-state index contributed by atoms with van der Waals surface area (Å²) in [5.41, 5.74) is 5.49. The molecule has 1 heteroatoms. The molecule has 1 aliphatic carbocycles. The Labute approximate surface area is 118 Å². The Morgan fingerprint density at radius 1 is 1.05 bits per heavy atom. The van der Waals surface area contributed by atoms with E-state index < -0.39 is 0 Å². The highest BCUT2D eigenvalue weighted by molar-refractivity contribution is 5.82. The van der Waals surface area contributed by atoms with Crippen LogP contribution in [0.3, 0.4) is 0 Å². The molecule has 2 rings (SSSR count). The van der Waals surface area contributed by atoms with E-state index in [0.717, 1.165) is 6.42 Å². The first-order valence-corrected chi connectivity index (χ1v) is 7.21. The summed E-state index contributed by atoms with van der Waals surface area (Å²) in [5, 5.41) is 3.59. The van der Waals surface area contributed by atoms with Gasteiger partial charge in [0, 0.05) is 16.8 Å². The largest absolute Gasteiger partial charge is 0.380 e. The fourth-order valence-electron chi connectivity index (χ4n) is 2.20. The van der Waals surface area contributed by atoms with Gasteiger partial charge in [-0.25, -0.2) is 0 Å². The van der Waals surface area contributed by atoms with Crippen molar-refractivity contribution in [3.63, 3.8) is 0 Å². The van der Waals surface area contributed by atoms with Crippen molar-refractivity contribution in [1.82, 2.24) is 0 Å². The van der Waals surface area contributed by atoms with Gasteiger partial charge in [-0.3, -0.25) is 0 Å². The first-order valence-electron chi connectivity index (χ1n) is 7.21. The zero-order chi connectivity index (χ0) is 14.5. The van der Waals surface area contributed by atoms with Gasteiger partial charge in [-0.1, -0.05) is 44.2 Å². The minimum absolute atomic E-state index is 0.0939. The van der Waals surface area contributed by atoms with Crippen molar-refractivity contribution in [2.75, 3.05) is 5.32 Å². The molecule has 1 N–H and O–H groups in total. The Hall–Kier alpha value is -1.50. The predicted molar refractivity (Wildman–Crippen MR) is 87.5 cm³/mol. The number of rotatable bonds is 2. The number of allylic oxidation sites excluding steroid dienone is 4. The molecule has 19 heavy (non-hydrogen) atoms. The van der Waals surface area contributed by atoms with E-state index >= 15 is 0 Å². The van der Waals surface area contributed by atoms with Gasteiger partial charge in [0.2, 0.25) is 0 Å². The van der Waals surface area contributed by atoms with Gasteiger partial charge in [0.15, 0.2) is 0 Å². The maximum absolute atomic E-state index is 3.59. The summed E-state index contributed by atoms with van der Waals surface area (Å²) < 4.78 is 0. The molecule has 0 saturated carbocycles. The summed E-state index contributed by atoms with van der Waals surface area (Å²) in [6.45, 7) is 12.8. The maximum atomic E-state index is 3.59. The van der Waals surface area contributed by atoms with E-state index in [2.05, 4.69) is 69.4 Å². The molecule has 0 amide bonds. The molecular formula is C18H27N. The van der Waals surface area contributed by atoms with Crippen molar-refractivity contribution in [2.45, 2.75) is 53.5 Å². The van der Waals surface area contributed by atoms with Crippen LogP contribution in [-0.4, -0.2) is 5.54 Å². The molecular weight excluding hydrogens is 230 g/mol. The molecule has 104 valence electrons. The van der Waals surface area contributed by atoms with Crippen molar-refractivity contribution in [3.8, 4) is 0 Å². The molecule has 1 nitrogen and oxygen atoms in total. The molecule has 0 bridgehead atoms. The molecule has 1 aromatic carbocycles. The maximum Gasteiger partial charge on any atom is 0.0420 e. The predicted octanol–water partition coefficient (Wildman–Crippen LogP) is 5.66. The standard InChI is InChI=1S/C16H21N.C2H6/c1-12-8-7-10-13(12)14-9-5-6-11-15(14)17-16(2,3)4;1-2/h5-9,11,17H,10H2,1-4H3;1-2H3. The lowest BCUT2D eigenvalue weighted by Crippen LogP contribution is -2.26. The first-order chi connectivity index (χ1) is 8.97. The van der Waals surface area contributed by atoms with E-state index in [4.69, 9.17) is 0 Å². The molecule has 0 aromatic heterocycles. The number of para-hydroxylation sites is 1. The molecule has 0 radical (unpaired) electrons. The third-order valence-electron chi connectivity index (χ3n) is 2.93. The Kier molecular flexibility index (Phi) is 5.41. The first kappa shape index (κ1) is 15.6. The monoisotopic (exact) mass is 257 g/mol. The van der Waals surface area contributed by atoms with Crippen LogP contribution in [0.25, 0.3) is 5.57 Å². The van der Waals surface area contributed by atoms with E-state index in [1.165, 1.54) is 22.4 Å². The number of anilines is 1. The Bertz CT molecular complexity index is 473.